The highest BCUT2D eigenvalue weighted by Gasteiger charge is 2.30. The van der Waals surface area contributed by atoms with Crippen molar-refractivity contribution >= 4 is 5.97 Å². The number of halogens is 3. The Hall–Kier alpha value is -3.72. The molecule has 3 nitrogen and oxygen atoms in total. The molecule has 1 atom stereocenters. The first kappa shape index (κ1) is 25.9. The lowest BCUT2D eigenvalue weighted by molar-refractivity contribution is -0.138. The molecule has 0 saturated heterocycles. The van der Waals surface area contributed by atoms with Gasteiger partial charge in [-0.15, -0.1) is 11.8 Å². The Morgan fingerprint density at radius 1 is 0.971 bits per heavy atom. The summed E-state index contributed by atoms with van der Waals surface area (Å²) >= 11 is 0. The first-order chi connectivity index (χ1) is 16.7. The van der Waals surface area contributed by atoms with E-state index in [0.29, 0.717) is 6.42 Å². The van der Waals surface area contributed by atoms with Gasteiger partial charge in [-0.3, -0.25) is 4.79 Å². The number of carbonyl (C=O) groups is 1. The Morgan fingerprint density at radius 2 is 1.60 bits per heavy atom. The van der Waals surface area contributed by atoms with E-state index >= 15 is 0 Å². The van der Waals surface area contributed by atoms with Crippen LogP contribution in [0.5, 0.6) is 5.75 Å². The average molecular weight is 481 g/mol. The van der Waals surface area contributed by atoms with Gasteiger partial charge in [-0.2, -0.15) is 13.2 Å². The molecule has 0 fully saturated rings. The number of carboxylic acids is 1. The largest absolute Gasteiger partial charge is 0.486 e. The molecule has 6 heteroatoms. The fourth-order valence-corrected chi connectivity index (χ4v) is 3.88. The Balaban J connectivity index is 0.000000795. The summed E-state index contributed by atoms with van der Waals surface area (Å²) in [5.74, 6) is 5.27. The number of benzene rings is 3. The Labute approximate surface area is 203 Å². The van der Waals surface area contributed by atoms with E-state index in [9.17, 15) is 18.0 Å². The van der Waals surface area contributed by atoms with Crippen LogP contribution in [-0.2, 0) is 23.8 Å². The van der Waals surface area contributed by atoms with E-state index in [2.05, 4.69) is 11.8 Å². The topological polar surface area (TPSA) is 46.5 Å². The van der Waals surface area contributed by atoms with E-state index in [0.717, 1.165) is 58.5 Å². The van der Waals surface area contributed by atoms with Gasteiger partial charge in [0.25, 0.3) is 0 Å². The summed E-state index contributed by atoms with van der Waals surface area (Å²) in [6.45, 7) is 3.64. The van der Waals surface area contributed by atoms with Crippen molar-refractivity contribution in [2.75, 3.05) is 0 Å². The lowest BCUT2D eigenvalue weighted by Crippen LogP contribution is -2.04. The van der Waals surface area contributed by atoms with Gasteiger partial charge in [-0.25, -0.2) is 0 Å². The van der Waals surface area contributed by atoms with Crippen LogP contribution in [0, 0.1) is 11.8 Å². The van der Waals surface area contributed by atoms with Crippen LogP contribution in [0.25, 0.3) is 11.1 Å². The number of ether oxygens (including phenoxy) is 1. The molecule has 0 spiro atoms. The van der Waals surface area contributed by atoms with Crippen LogP contribution < -0.4 is 4.74 Å². The molecule has 0 aromatic heterocycles. The Bertz CT molecular complexity index is 1200. The molecule has 0 saturated carbocycles. The van der Waals surface area contributed by atoms with Crippen LogP contribution in [-0.4, -0.2) is 11.1 Å². The van der Waals surface area contributed by atoms with E-state index in [4.69, 9.17) is 9.84 Å². The second kappa shape index (κ2) is 11.6. The minimum Gasteiger partial charge on any atom is -0.486 e. The number of aryl methyl sites for hydroxylation is 2. The zero-order valence-electron chi connectivity index (χ0n) is 19.7. The average Bonchev–Trinajstić information content (AvgIpc) is 3.25. The first-order valence-corrected chi connectivity index (χ1v) is 11.3. The monoisotopic (exact) mass is 480 g/mol. The van der Waals surface area contributed by atoms with Gasteiger partial charge >= 0.3 is 12.1 Å². The molecule has 0 amide bonds. The standard InChI is InChI=1S/C25H21F3O3.C4H6/c26-25(27,28)20-8-4-17(5-9-20)18-6-12-22-19(15-18)7-13-23(22)31-21-10-1-16(2-11-21)3-14-24(29)30;1-3-4-2/h1-2,4-6,8-12,15,23H,3,7,13-14H2,(H,29,30);1-2H3. The normalized spacial score (nSPS) is 14.1. The van der Waals surface area contributed by atoms with E-state index in [-0.39, 0.29) is 12.5 Å². The second-order valence-corrected chi connectivity index (χ2v) is 8.17. The molecule has 0 aliphatic heterocycles. The summed E-state index contributed by atoms with van der Waals surface area (Å²) in [5.41, 5.74) is 4.15. The molecular weight excluding hydrogens is 453 g/mol. The van der Waals surface area contributed by atoms with Gasteiger partial charge in [-0.1, -0.05) is 42.5 Å². The van der Waals surface area contributed by atoms with Gasteiger partial charge in [-0.05, 0) is 85.2 Å². The number of aliphatic carboxylic acids is 1. The molecule has 182 valence electrons. The minimum atomic E-state index is -4.34. The highest BCUT2D eigenvalue weighted by molar-refractivity contribution is 5.67. The molecule has 35 heavy (non-hydrogen) atoms. The van der Waals surface area contributed by atoms with Crippen molar-refractivity contribution in [3.8, 4) is 28.7 Å². The number of carboxylic acid groups (broad SMARTS) is 1. The molecule has 0 bridgehead atoms. The summed E-state index contributed by atoms with van der Waals surface area (Å²) in [4.78, 5) is 10.7. The van der Waals surface area contributed by atoms with Crippen LogP contribution in [0.3, 0.4) is 0 Å². The summed E-state index contributed by atoms with van der Waals surface area (Å²) in [7, 11) is 0. The number of fused-ring (bicyclic) bond motifs is 1. The zero-order valence-corrected chi connectivity index (χ0v) is 19.7. The maximum atomic E-state index is 12.8. The van der Waals surface area contributed by atoms with Crippen LogP contribution in [0.1, 0.15) is 55.0 Å². The fourth-order valence-electron chi connectivity index (χ4n) is 3.88. The SMILES string of the molecule is CC#CC.O=C(O)CCc1ccc(OC2CCc3cc(-c4ccc(C(F)(F)F)cc4)ccc32)cc1. The van der Waals surface area contributed by atoms with E-state index < -0.39 is 17.7 Å². The van der Waals surface area contributed by atoms with Crippen LogP contribution in [0.4, 0.5) is 13.2 Å². The predicted molar refractivity (Wildman–Crippen MR) is 130 cm³/mol. The minimum absolute atomic E-state index is 0.0819. The van der Waals surface area contributed by atoms with Crippen molar-refractivity contribution in [2.24, 2.45) is 0 Å². The summed E-state index contributed by atoms with van der Waals surface area (Å²) in [6.07, 6.45) is -2.18. The van der Waals surface area contributed by atoms with Crippen molar-refractivity contribution < 1.29 is 27.8 Å². The smallest absolute Gasteiger partial charge is 0.416 e. The summed E-state index contributed by atoms with van der Waals surface area (Å²) in [5, 5.41) is 8.78. The molecule has 1 unspecified atom stereocenters. The second-order valence-electron chi connectivity index (χ2n) is 8.17. The third-order valence-electron chi connectivity index (χ3n) is 5.79. The summed E-state index contributed by atoms with van der Waals surface area (Å²) in [6, 6.07) is 18.6. The van der Waals surface area contributed by atoms with Crippen LogP contribution in [0.2, 0.25) is 0 Å². The van der Waals surface area contributed by atoms with Gasteiger partial charge in [0.15, 0.2) is 0 Å². The zero-order chi connectivity index (χ0) is 25.4. The van der Waals surface area contributed by atoms with Gasteiger partial charge < -0.3 is 9.84 Å². The number of rotatable bonds is 6. The highest BCUT2D eigenvalue weighted by Crippen LogP contribution is 2.38. The quantitative estimate of drug-likeness (QED) is 0.372. The Morgan fingerprint density at radius 3 is 2.17 bits per heavy atom. The van der Waals surface area contributed by atoms with Gasteiger partial charge in [0, 0.05) is 6.42 Å². The molecule has 4 rings (SSSR count). The third-order valence-corrected chi connectivity index (χ3v) is 5.79. The van der Waals surface area contributed by atoms with Gasteiger partial charge in [0.05, 0.1) is 5.56 Å². The third kappa shape index (κ3) is 7.13. The van der Waals surface area contributed by atoms with E-state index in [1.807, 2.05) is 56.3 Å². The van der Waals surface area contributed by atoms with E-state index in [1.165, 1.54) is 12.1 Å². The maximum Gasteiger partial charge on any atom is 0.416 e. The first-order valence-electron chi connectivity index (χ1n) is 11.3. The highest BCUT2D eigenvalue weighted by atomic mass is 19.4. The number of alkyl halides is 3. The van der Waals surface area contributed by atoms with Crippen molar-refractivity contribution in [3.05, 3.63) is 89.0 Å². The molecule has 3 aromatic rings. The predicted octanol–water partition coefficient (Wildman–Crippen LogP) is 7.49. The van der Waals surface area contributed by atoms with E-state index in [1.54, 1.807) is 0 Å². The number of hydrogen-bond acceptors (Lipinski definition) is 2. The van der Waals surface area contributed by atoms with Gasteiger partial charge in [0.2, 0.25) is 0 Å². The van der Waals surface area contributed by atoms with Crippen LogP contribution in [0.15, 0.2) is 66.7 Å². The van der Waals surface area contributed by atoms with Crippen molar-refractivity contribution in [1.29, 1.82) is 0 Å². The lowest BCUT2D eigenvalue weighted by Gasteiger charge is -2.16. The summed E-state index contributed by atoms with van der Waals surface area (Å²) < 4.78 is 44.5. The maximum absolute atomic E-state index is 12.8. The molecule has 0 heterocycles. The van der Waals surface area contributed by atoms with Crippen LogP contribution >= 0.6 is 0 Å². The molecule has 1 aliphatic carbocycles. The Kier molecular flexibility index (Phi) is 8.59. The fraction of sp³-hybridized carbons (Fsp3) is 0.276. The molecular formula is C29H27F3O3. The van der Waals surface area contributed by atoms with Crippen molar-refractivity contribution in [1.82, 2.24) is 0 Å². The lowest BCUT2D eigenvalue weighted by atomic mass is 9.99. The molecule has 3 aromatic carbocycles. The van der Waals surface area contributed by atoms with Crippen molar-refractivity contribution in [2.45, 2.75) is 51.8 Å². The molecule has 1 aliphatic rings. The molecule has 0 radical (unpaired) electrons. The van der Waals surface area contributed by atoms with Crippen molar-refractivity contribution in [3.63, 3.8) is 0 Å². The van der Waals surface area contributed by atoms with Gasteiger partial charge in [0.1, 0.15) is 11.9 Å². The number of hydrogen-bond donors (Lipinski definition) is 1. The molecule has 1 N–H and O–H groups in total.